The molecule has 4 N–H and O–H groups in total. The van der Waals surface area contributed by atoms with Crippen LogP contribution < -0.4 is 20.7 Å². The summed E-state index contributed by atoms with van der Waals surface area (Å²) < 4.78 is 10.6. The lowest BCUT2D eigenvalue weighted by molar-refractivity contribution is -0.137. The molecule has 0 aliphatic carbocycles. The zero-order valence-corrected chi connectivity index (χ0v) is 19.5. The third-order valence-corrected chi connectivity index (χ3v) is 5.28. The highest BCUT2D eigenvalue weighted by atomic mass is 16.5. The smallest absolute Gasteiger partial charge is 0.313 e. The average Bonchev–Trinajstić information content (AvgIpc) is 3.52. The number of methoxy groups -OCH3 is 1. The van der Waals surface area contributed by atoms with Gasteiger partial charge in [0.15, 0.2) is 12.2 Å². The number of fused-ring (bicyclic) bond motifs is 1. The van der Waals surface area contributed by atoms with Gasteiger partial charge in [0.25, 0.3) is 5.91 Å². The van der Waals surface area contributed by atoms with Crippen LogP contribution in [-0.2, 0) is 9.59 Å². The van der Waals surface area contributed by atoms with Crippen molar-refractivity contribution in [2.45, 2.75) is 19.4 Å². The number of hydrogen-bond acceptors (Lipinski definition) is 6. The lowest BCUT2D eigenvalue weighted by Crippen LogP contribution is -2.54. The number of H-pyrrole nitrogens is 1. The number of benzene rings is 2. The van der Waals surface area contributed by atoms with Crippen LogP contribution in [0, 0.1) is 0 Å². The van der Waals surface area contributed by atoms with Gasteiger partial charge in [-0.15, -0.1) is 0 Å². The first kappa shape index (κ1) is 23.6. The summed E-state index contributed by atoms with van der Waals surface area (Å²) in [4.78, 5) is 44.5. The summed E-state index contributed by atoms with van der Waals surface area (Å²) in [7, 11) is 1.49. The first-order chi connectivity index (χ1) is 16.8. The second kappa shape index (κ2) is 9.72. The molecule has 0 aliphatic rings. The minimum Gasteiger partial charge on any atom is -0.496 e. The molecule has 0 radical (unpaired) electrons. The van der Waals surface area contributed by atoms with Gasteiger partial charge >= 0.3 is 11.8 Å². The Morgan fingerprint density at radius 2 is 1.89 bits per heavy atom. The standard InChI is InChI=1S/C25H25N5O5/c1-25(2,13-27-22(31)19-10-15-6-4-5-7-18(15)29-19)30-24(33)23(32)28-16-8-9-17(20(11-16)34-3)21-12-26-14-35-21/h4-12,14,29H,13H2,1-3H3,(H,27,31)(H,28,32)(H,30,33). The number of anilines is 1. The van der Waals surface area contributed by atoms with Gasteiger partial charge in [0, 0.05) is 29.2 Å². The van der Waals surface area contributed by atoms with E-state index in [9.17, 15) is 14.4 Å². The number of amides is 3. The number of rotatable bonds is 7. The van der Waals surface area contributed by atoms with Gasteiger partial charge in [-0.2, -0.15) is 0 Å². The van der Waals surface area contributed by atoms with Gasteiger partial charge in [-0.05, 0) is 38.1 Å². The highest BCUT2D eigenvalue weighted by molar-refractivity contribution is 6.39. The van der Waals surface area contributed by atoms with E-state index in [1.807, 2.05) is 24.3 Å². The van der Waals surface area contributed by atoms with Crippen LogP contribution in [0.1, 0.15) is 24.3 Å². The summed E-state index contributed by atoms with van der Waals surface area (Å²) in [5.74, 6) is -1.05. The van der Waals surface area contributed by atoms with Crippen LogP contribution in [0.4, 0.5) is 5.69 Å². The number of para-hydroxylation sites is 1. The molecule has 3 amide bonds. The molecule has 2 aromatic carbocycles. The molecule has 0 unspecified atom stereocenters. The van der Waals surface area contributed by atoms with Crippen molar-refractivity contribution < 1.29 is 23.5 Å². The van der Waals surface area contributed by atoms with Crippen LogP contribution in [-0.4, -0.2) is 46.9 Å². The molecular weight excluding hydrogens is 450 g/mol. The second-order valence-electron chi connectivity index (χ2n) is 8.53. The molecule has 0 saturated heterocycles. The van der Waals surface area contributed by atoms with Crippen molar-refractivity contribution in [1.29, 1.82) is 0 Å². The zero-order chi connectivity index (χ0) is 25.0. The van der Waals surface area contributed by atoms with Gasteiger partial charge in [-0.1, -0.05) is 18.2 Å². The van der Waals surface area contributed by atoms with Crippen LogP contribution in [0.2, 0.25) is 0 Å². The van der Waals surface area contributed by atoms with Gasteiger partial charge in [0.05, 0.1) is 24.4 Å². The third-order valence-electron chi connectivity index (χ3n) is 5.28. The number of hydrogen-bond donors (Lipinski definition) is 4. The number of aromatic amines is 1. The fraction of sp³-hybridized carbons (Fsp3) is 0.200. The Morgan fingerprint density at radius 1 is 1.09 bits per heavy atom. The molecule has 180 valence electrons. The SMILES string of the molecule is COc1cc(NC(=O)C(=O)NC(C)(C)CNC(=O)c2cc3ccccc3[nH]2)ccc1-c1cnco1. The molecule has 4 rings (SSSR count). The van der Waals surface area contributed by atoms with E-state index in [0.717, 1.165) is 10.9 Å². The Labute approximate surface area is 201 Å². The molecule has 0 fully saturated rings. The van der Waals surface area contributed by atoms with E-state index >= 15 is 0 Å². The summed E-state index contributed by atoms with van der Waals surface area (Å²) in [6.45, 7) is 3.53. The van der Waals surface area contributed by atoms with E-state index in [0.29, 0.717) is 28.5 Å². The molecule has 4 aromatic rings. The normalized spacial score (nSPS) is 11.2. The molecule has 2 aromatic heterocycles. The van der Waals surface area contributed by atoms with Crippen molar-refractivity contribution in [3.05, 3.63) is 66.8 Å². The molecule has 0 spiro atoms. The predicted molar refractivity (Wildman–Crippen MR) is 130 cm³/mol. The Bertz CT molecular complexity index is 1340. The quantitative estimate of drug-likeness (QED) is 0.303. The molecule has 0 atom stereocenters. The minimum atomic E-state index is -0.885. The van der Waals surface area contributed by atoms with E-state index in [4.69, 9.17) is 9.15 Å². The first-order valence-corrected chi connectivity index (χ1v) is 10.8. The van der Waals surface area contributed by atoms with Crippen LogP contribution >= 0.6 is 0 Å². The monoisotopic (exact) mass is 475 g/mol. The van der Waals surface area contributed by atoms with Crippen molar-refractivity contribution in [3.8, 4) is 17.1 Å². The third kappa shape index (κ3) is 5.49. The highest BCUT2D eigenvalue weighted by Crippen LogP contribution is 2.32. The number of aromatic nitrogens is 2. The van der Waals surface area contributed by atoms with E-state index in [-0.39, 0.29) is 12.5 Å². The molecule has 10 nitrogen and oxygen atoms in total. The summed E-state index contributed by atoms with van der Waals surface area (Å²) in [5, 5.41) is 8.89. The number of ether oxygens (including phenoxy) is 1. The summed E-state index contributed by atoms with van der Waals surface area (Å²) in [6, 6.07) is 14.2. The number of oxazole rings is 1. The number of nitrogens with one attached hydrogen (secondary N) is 4. The molecule has 0 aliphatic heterocycles. The number of carbonyl (C=O) groups is 3. The average molecular weight is 476 g/mol. The molecule has 10 heteroatoms. The molecule has 0 bridgehead atoms. The molecule has 2 heterocycles. The van der Waals surface area contributed by atoms with Gasteiger partial charge in [0.2, 0.25) is 0 Å². The van der Waals surface area contributed by atoms with Crippen LogP contribution in [0.15, 0.2) is 65.5 Å². The molecular formula is C25H25N5O5. The fourth-order valence-electron chi connectivity index (χ4n) is 3.51. The Hall–Kier alpha value is -4.60. The predicted octanol–water partition coefficient (Wildman–Crippen LogP) is 3.09. The van der Waals surface area contributed by atoms with E-state index in [1.165, 1.54) is 13.5 Å². The van der Waals surface area contributed by atoms with Crippen molar-refractivity contribution in [2.75, 3.05) is 19.0 Å². The Morgan fingerprint density at radius 3 is 2.60 bits per heavy atom. The number of nitrogens with zero attached hydrogens (tertiary/aromatic N) is 1. The lowest BCUT2D eigenvalue weighted by Gasteiger charge is -2.26. The second-order valence-corrected chi connectivity index (χ2v) is 8.53. The van der Waals surface area contributed by atoms with Crippen molar-refractivity contribution in [1.82, 2.24) is 20.6 Å². The largest absolute Gasteiger partial charge is 0.496 e. The maximum absolute atomic E-state index is 12.5. The highest BCUT2D eigenvalue weighted by Gasteiger charge is 2.26. The van der Waals surface area contributed by atoms with Crippen LogP contribution in [0.25, 0.3) is 22.2 Å². The van der Waals surface area contributed by atoms with Crippen molar-refractivity contribution >= 4 is 34.3 Å². The summed E-state index contributed by atoms with van der Waals surface area (Å²) >= 11 is 0. The Kier molecular flexibility index (Phi) is 6.54. The minimum absolute atomic E-state index is 0.111. The zero-order valence-electron chi connectivity index (χ0n) is 19.5. The molecule has 35 heavy (non-hydrogen) atoms. The maximum atomic E-state index is 12.5. The van der Waals surface area contributed by atoms with Crippen LogP contribution in [0.3, 0.4) is 0 Å². The van der Waals surface area contributed by atoms with Crippen molar-refractivity contribution in [2.24, 2.45) is 0 Å². The van der Waals surface area contributed by atoms with E-state index < -0.39 is 17.4 Å². The van der Waals surface area contributed by atoms with Crippen LogP contribution in [0.5, 0.6) is 5.75 Å². The summed E-state index contributed by atoms with van der Waals surface area (Å²) in [5.41, 5.74) is 1.40. The number of carbonyl (C=O) groups excluding carboxylic acids is 3. The van der Waals surface area contributed by atoms with Gasteiger partial charge in [0.1, 0.15) is 11.4 Å². The topological polar surface area (TPSA) is 138 Å². The maximum Gasteiger partial charge on any atom is 0.313 e. The van der Waals surface area contributed by atoms with E-state index in [2.05, 4.69) is 25.9 Å². The van der Waals surface area contributed by atoms with E-state index in [1.54, 1.807) is 44.3 Å². The van der Waals surface area contributed by atoms with Gasteiger partial charge < -0.3 is 30.1 Å². The lowest BCUT2D eigenvalue weighted by atomic mass is 10.1. The van der Waals surface area contributed by atoms with Gasteiger partial charge in [-0.3, -0.25) is 14.4 Å². The Balaban J connectivity index is 1.34. The summed E-state index contributed by atoms with van der Waals surface area (Å²) in [6.07, 6.45) is 2.85. The van der Waals surface area contributed by atoms with Crippen molar-refractivity contribution in [3.63, 3.8) is 0 Å². The molecule has 0 saturated carbocycles. The fourth-order valence-corrected chi connectivity index (χ4v) is 3.51. The first-order valence-electron chi connectivity index (χ1n) is 10.8. The van der Waals surface area contributed by atoms with Gasteiger partial charge in [-0.25, -0.2) is 4.98 Å².